The van der Waals surface area contributed by atoms with E-state index in [9.17, 15) is 4.79 Å². The van der Waals surface area contributed by atoms with Gasteiger partial charge in [-0.3, -0.25) is 4.79 Å². The van der Waals surface area contributed by atoms with Crippen molar-refractivity contribution < 1.29 is 4.79 Å². The van der Waals surface area contributed by atoms with Crippen molar-refractivity contribution in [1.29, 1.82) is 0 Å². The number of hydrogen-bond acceptors (Lipinski definition) is 3. The fourth-order valence-corrected chi connectivity index (χ4v) is 2.91. The predicted molar refractivity (Wildman–Crippen MR) is 80.4 cm³/mol. The SMILES string of the molecule is CC(=O)c1ccc(N2CCC(N(C)C)CC2)c(Cl)c1. The van der Waals surface area contributed by atoms with Gasteiger partial charge in [-0.2, -0.15) is 0 Å². The summed E-state index contributed by atoms with van der Waals surface area (Å²) in [7, 11) is 4.27. The lowest BCUT2D eigenvalue weighted by Gasteiger charge is -2.36. The molecule has 1 heterocycles. The second-order valence-corrected chi connectivity index (χ2v) is 5.81. The number of halogens is 1. The number of anilines is 1. The van der Waals surface area contributed by atoms with E-state index >= 15 is 0 Å². The van der Waals surface area contributed by atoms with Gasteiger partial charge in [0, 0.05) is 24.7 Å². The highest BCUT2D eigenvalue weighted by atomic mass is 35.5. The minimum absolute atomic E-state index is 0.0553. The van der Waals surface area contributed by atoms with Crippen molar-refractivity contribution in [2.75, 3.05) is 32.1 Å². The van der Waals surface area contributed by atoms with Gasteiger partial charge in [0.05, 0.1) is 10.7 Å². The zero-order valence-electron chi connectivity index (χ0n) is 11.8. The molecule has 4 heteroatoms. The molecule has 1 aliphatic heterocycles. The molecule has 1 aromatic carbocycles. The van der Waals surface area contributed by atoms with Crippen molar-refractivity contribution in [3.63, 3.8) is 0 Å². The summed E-state index contributed by atoms with van der Waals surface area (Å²) in [6.07, 6.45) is 2.30. The van der Waals surface area contributed by atoms with Crippen LogP contribution >= 0.6 is 11.6 Å². The lowest BCUT2D eigenvalue weighted by atomic mass is 10.0. The Hall–Kier alpha value is -1.06. The van der Waals surface area contributed by atoms with E-state index in [2.05, 4.69) is 23.9 Å². The molecule has 1 aromatic rings. The minimum Gasteiger partial charge on any atom is -0.370 e. The maximum absolute atomic E-state index is 11.3. The lowest BCUT2D eigenvalue weighted by Crippen LogP contribution is -2.42. The van der Waals surface area contributed by atoms with Crippen LogP contribution in [0.1, 0.15) is 30.1 Å². The van der Waals surface area contributed by atoms with Gasteiger partial charge in [0.25, 0.3) is 0 Å². The maximum Gasteiger partial charge on any atom is 0.159 e. The van der Waals surface area contributed by atoms with Crippen LogP contribution in [0.15, 0.2) is 18.2 Å². The first-order valence-corrected chi connectivity index (χ1v) is 7.08. The topological polar surface area (TPSA) is 23.6 Å². The summed E-state index contributed by atoms with van der Waals surface area (Å²) in [5.74, 6) is 0.0553. The van der Waals surface area contributed by atoms with Crippen LogP contribution < -0.4 is 4.90 Å². The van der Waals surface area contributed by atoms with Gasteiger partial charge in [0.1, 0.15) is 0 Å². The van der Waals surface area contributed by atoms with Gasteiger partial charge < -0.3 is 9.80 Å². The van der Waals surface area contributed by atoms with Gasteiger partial charge in [0.15, 0.2) is 5.78 Å². The summed E-state index contributed by atoms with van der Waals surface area (Å²) in [6.45, 7) is 3.60. The number of piperidine rings is 1. The Bertz CT molecular complexity index is 465. The highest BCUT2D eigenvalue weighted by Crippen LogP contribution is 2.30. The van der Waals surface area contributed by atoms with Crippen LogP contribution in [0, 0.1) is 0 Å². The highest BCUT2D eigenvalue weighted by molar-refractivity contribution is 6.33. The smallest absolute Gasteiger partial charge is 0.159 e. The lowest BCUT2D eigenvalue weighted by molar-refractivity contribution is 0.101. The van der Waals surface area contributed by atoms with Gasteiger partial charge in [-0.1, -0.05) is 11.6 Å². The summed E-state index contributed by atoms with van der Waals surface area (Å²) in [4.78, 5) is 15.9. The first kappa shape index (κ1) is 14.4. The molecule has 0 N–H and O–H groups in total. The van der Waals surface area contributed by atoms with Gasteiger partial charge in [-0.25, -0.2) is 0 Å². The number of benzene rings is 1. The van der Waals surface area contributed by atoms with Crippen LogP contribution in [0.4, 0.5) is 5.69 Å². The molecule has 1 aliphatic rings. The third kappa shape index (κ3) is 3.28. The van der Waals surface area contributed by atoms with E-state index in [1.54, 1.807) is 13.0 Å². The van der Waals surface area contributed by atoms with Gasteiger partial charge in [-0.05, 0) is 52.1 Å². The third-order valence-electron chi connectivity index (χ3n) is 3.89. The summed E-state index contributed by atoms with van der Waals surface area (Å²) in [5, 5.41) is 0.677. The first-order valence-electron chi connectivity index (χ1n) is 6.71. The Morgan fingerprint density at radius 3 is 2.42 bits per heavy atom. The van der Waals surface area contributed by atoms with Crippen molar-refractivity contribution in [3.8, 4) is 0 Å². The molecule has 0 radical (unpaired) electrons. The van der Waals surface area contributed by atoms with Crippen LogP contribution in [-0.2, 0) is 0 Å². The standard InChI is InChI=1S/C15H21ClN2O/c1-11(19)12-4-5-15(14(16)10-12)18-8-6-13(7-9-18)17(2)3/h4-5,10,13H,6-9H2,1-3H3. The number of hydrogen-bond donors (Lipinski definition) is 0. The highest BCUT2D eigenvalue weighted by Gasteiger charge is 2.22. The van der Waals surface area contributed by atoms with E-state index < -0.39 is 0 Å². The molecule has 2 rings (SSSR count). The molecule has 0 bridgehead atoms. The fourth-order valence-electron chi connectivity index (χ4n) is 2.61. The number of ketones is 1. The third-order valence-corrected chi connectivity index (χ3v) is 4.19. The Morgan fingerprint density at radius 1 is 1.32 bits per heavy atom. The molecule has 104 valence electrons. The van der Waals surface area contributed by atoms with Crippen molar-refractivity contribution in [2.45, 2.75) is 25.8 Å². The van der Waals surface area contributed by atoms with E-state index in [4.69, 9.17) is 11.6 Å². The molecule has 0 saturated carbocycles. The maximum atomic E-state index is 11.3. The summed E-state index contributed by atoms with van der Waals surface area (Å²) in [6, 6.07) is 6.26. The van der Waals surface area contributed by atoms with E-state index in [1.807, 2.05) is 12.1 Å². The van der Waals surface area contributed by atoms with Crippen LogP contribution in [0.25, 0.3) is 0 Å². The van der Waals surface area contributed by atoms with Crippen LogP contribution in [0.5, 0.6) is 0 Å². The second kappa shape index (κ2) is 5.93. The number of rotatable bonds is 3. The average Bonchev–Trinajstić information content (AvgIpc) is 2.38. The molecular formula is C15H21ClN2O. The summed E-state index contributed by atoms with van der Waals surface area (Å²) >= 11 is 6.30. The molecule has 0 unspecified atom stereocenters. The number of carbonyl (C=O) groups excluding carboxylic acids is 1. The van der Waals surface area contributed by atoms with Crippen LogP contribution in [0.2, 0.25) is 5.02 Å². The zero-order valence-corrected chi connectivity index (χ0v) is 12.6. The summed E-state index contributed by atoms with van der Waals surface area (Å²) < 4.78 is 0. The Kier molecular flexibility index (Phi) is 4.48. The molecule has 1 fully saturated rings. The quantitative estimate of drug-likeness (QED) is 0.795. The van der Waals surface area contributed by atoms with Gasteiger partial charge >= 0.3 is 0 Å². The number of Topliss-reactive ketones (excluding diaryl/α,β-unsaturated/α-hetero) is 1. The molecule has 0 aliphatic carbocycles. The van der Waals surface area contributed by atoms with E-state index in [1.165, 1.54) is 0 Å². The molecule has 1 saturated heterocycles. The second-order valence-electron chi connectivity index (χ2n) is 5.40. The average molecular weight is 281 g/mol. The van der Waals surface area contributed by atoms with Gasteiger partial charge in [-0.15, -0.1) is 0 Å². The van der Waals surface area contributed by atoms with E-state index in [0.717, 1.165) is 31.6 Å². The summed E-state index contributed by atoms with van der Waals surface area (Å²) in [5.41, 5.74) is 1.72. The fraction of sp³-hybridized carbons (Fsp3) is 0.533. The molecular weight excluding hydrogens is 260 g/mol. The largest absolute Gasteiger partial charge is 0.370 e. The minimum atomic E-state index is 0.0553. The van der Waals surface area contributed by atoms with E-state index in [0.29, 0.717) is 16.6 Å². The van der Waals surface area contributed by atoms with Crippen LogP contribution in [-0.4, -0.2) is 43.9 Å². The molecule has 0 aromatic heterocycles. The molecule has 0 amide bonds. The van der Waals surface area contributed by atoms with Crippen molar-refractivity contribution in [2.24, 2.45) is 0 Å². The Labute approximate surface area is 120 Å². The number of nitrogens with zero attached hydrogens (tertiary/aromatic N) is 2. The van der Waals surface area contributed by atoms with E-state index in [-0.39, 0.29) is 5.78 Å². The van der Waals surface area contributed by atoms with Crippen molar-refractivity contribution >= 4 is 23.1 Å². The van der Waals surface area contributed by atoms with Crippen molar-refractivity contribution in [1.82, 2.24) is 4.90 Å². The Balaban J connectivity index is 2.09. The molecule has 3 nitrogen and oxygen atoms in total. The number of carbonyl (C=O) groups is 1. The molecule has 19 heavy (non-hydrogen) atoms. The molecule has 0 spiro atoms. The zero-order chi connectivity index (χ0) is 14.0. The predicted octanol–water partition coefficient (Wildman–Crippen LogP) is 3.07. The van der Waals surface area contributed by atoms with Crippen molar-refractivity contribution in [3.05, 3.63) is 28.8 Å². The van der Waals surface area contributed by atoms with Crippen LogP contribution in [0.3, 0.4) is 0 Å². The first-order chi connectivity index (χ1) is 8.99. The monoisotopic (exact) mass is 280 g/mol. The Morgan fingerprint density at radius 2 is 1.95 bits per heavy atom. The molecule has 0 atom stereocenters. The van der Waals surface area contributed by atoms with Gasteiger partial charge in [0.2, 0.25) is 0 Å². The normalized spacial score (nSPS) is 17.0.